The zero-order valence-corrected chi connectivity index (χ0v) is 21.1. The summed E-state index contributed by atoms with van der Waals surface area (Å²) in [5, 5.41) is 12.2. The predicted molar refractivity (Wildman–Crippen MR) is 143 cm³/mol. The number of nitrogens with one attached hydrogen (secondary N) is 1. The Bertz CT molecular complexity index is 1440. The van der Waals surface area contributed by atoms with Gasteiger partial charge in [-0.1, -0.05) is 41.9 Å². The number of hydrogen-bond acceptors (Lipinski definition) is 6. The van der Waals surface area contributed by atoms with E-state index in [1.165, 1.54) is 30.3 Å². The molecule has 0 aromatic heterocycles. The number of ether oxygens (including phenoxy) is 2. The fourth-order valence-electron chi connectivity index (χ4n) is 3.61. The van der Waals surface area contributed by atoms with Gasteiger partial charge in [-0.05, 0) is 67.2 Å². The molecular formula is C27H21ClN2O6S. The van der Waals surface area contributed by atoms with Crippen molar-refractivity contribution in [2.45, 2.75) is 13.5 Å². The number of thiocarbonyl (C=S) groups is 1. The first kappa shape index (κ1) is 25.9. The first-order chi connectivity index (χ1) is 17.8. The zero-order valence-electron chi connectivity index (χ0n) is 19.6. The minimum atomic E-state index is -1.16. The summed E-state index contributed by atoms with van der Waals surface area (Å²) in [5.41, 5.74) is 1.34. The number of halogens is 1. The molecule has 8 nitrogen and oxygen atoms in total. The summed E-state index contributed by atoms with van der Waals surface area (Å²) in [6.45, 7) is 2.41. The Morgan fingerprint density at radius 3 is 2.57 bits per heavy atom. The molecule has 0 radical (unpaired) electrons. The van der Waals surface area contributed by atoms with Crippen molar-refractivity contribution in [2.75, 3.05) is 11.5 Å². The number of anilines is 1. The smallest absolute Gasteiger partial charge is 0.335 e. The van der Waals surface area contributed by atoms with E-state index in [0.717, 1.165) is 10.5 Å². The third-order valence-corrected chi connectivity index (χ3v) is 6.03. The van der Waals surface area contributed by atoms with E-state index in [-0.39, 0.29) is 28.5 Å². The van der Waals surface area contributed by atoms with Crippen LogP contribution in [0.15, 0.2) is 72.3 Å². The van der Waals surface area contributed by atoms with Gasteiger partial charge in [0.25, 0.3) is 11.8 Å². The number of benzene rings is 3. The molecule has 0 bridgehead atoms. The maximum absolute atomic E-state index is 13.3. The van der Waals surface area contributed by atoms with Crippen LogP contribution in [-0.4, -0.2) is 34.6 Å². The first-order valence-electron chi connectivity index (χ1n) is 11.2. The molecule has 0 spiro atoms. The van der Waals surface area contributed by atoms with Gasteiger partial charge in [0.1, 0.15) is 12.2 Å². The second-order valence-electron chi connectivity index (χ2n) is 7.83. The maximum Gasteiger partial charge on any atom is 0.335 e. The van der Waals surface area contributed by atoms with Gasteiger partial charge < -0.3 is 14.6 Å². The van der Waals surface area contributed by atoms with Crippen LogP contribution in [0.1, 0.15) is 28.4 Å². The van der Waals surface area contributed by atoms with Gasteiger partial charge in [0.2, 0.25) is 0 Å². The third kappa shape index (κ3) is 5.79. The Labute approximate surface area is 223 Å². The Morgan fingerprint density at radius 2 is 1.84 bits per heavy atom. The van der Waals surface area contributed by atoms with Crippen molar-refractivity contribution < 1.29 is 29.0 Å². The number of aromatic carboxylic acids is 1. The monoisotopic (exact) mass is 536 g/mol. The van der Waals surface area contributed by atoms with Crippen molar-refractivity contribution >= 4 is 58.5 Å². The molecule has 37 heavy (non-hydrogen) atoms. The molecule has 1 aliphatic rings. The predicted octanol–water partition coefficient (Wildman–Crippen LogP) is 4.85. The molecule has 1 aliphatic heterocycles. The van der Waals surface area contributed by atoms with E-state index in [4.69, 9.17) is 33.3 Å². The maximum atomic E-state index is 13.3. The molecule has 3 aromatic carbocycles. The minimum absolute atomic E-state index is 0.0238. The van der Waals surface area contributed by atoms with E-state index in [2.05, 4.69) is 5.32 Å². The number of carbonyl (C=O) groups excluding carboxylic acids is 2. The molecule has 1 saturated heterocycles. The molecular weight excluding hydrogens is 516 g/mol. The highest BCUT2D eigenvalue weighted by molar-refractivity contribution is 7.80. The highest BCUT2D eigenvalue weighted by atomic mass is 35.5. The normalized spacial score (nSPS) is 14.5. The molecule has 0 saturated carbocycles. The van der Waals surface area contributed by atoms with Gasteiger partial charge in [-0.15, -0.1) is 0 Å². The van der Waals surface area contributed by atoms with Gasteiger partial charge in [-0.3, -0.25) is 19.8 Å². The van der Waals surface area contributed by atoms with Gasteiger partial charge >= 0.3 is 5.97 Å². The van der Waals surface area contributed by atoms with Crippen LogP contribution in [0.4, 0.5) is 5.69 Å². The first-order valence-corrected chi connectivity index (χ1v) is 11.9. The lowest BCUT2D eigenvalue weighted by Crippen LogP contribution is -2.54. The van der Waals surface area contributed by atoms with E-state index < -0.39 is 17.8 Å². The van der Waals surface area contributed by atoms with Crippen molar-refractivity contribution in [2.24, 2.45) is 0 Å². The van der Waals surface area contributed by atoms with Gasteiger partial charge in [-0.2, -0.15) is 0 Å². The molecule has 0 unspecified atom stereocenters. The Balaban J connectivity index is 1.63. The number of hydrogen-bond donors (Lipinski definition) is 2. The largest absolute Gasteiger partial charge is 0.490 e. The average molecular weight is 537 g/mol. The lowest BCUT2D eigenvalue weighted by atomic mass is 10.1. The summed E-state index contributed by atoms with van der Waals surface area (Å²) in [4.78, 5) is 38.4. The van der Waals surface area contributed by atoms with Crippen molar-refractivity contribution in [1.82, 2.24) is 5.32 Å². The van der Waals surface area contributed by atoms with E-state index >= 15 is 0 Å². The summed E-state index contributed by atoms with van der Waals surface area (Å²) in [6, 6.07) is 18.1. The van der Waals surface area contributed by atoms with E-state index in [0.29, 0.717) is 28.7 Å². The van der Waals surface area contributed by atoms with Crippen LogP contribution in [0, 0.1) is 0 Å². The van der Waals surface area contributed by atoms with Crippen LogP contribution in [0.2, 0.25) is 5.02 Å². The average Bonchev–Trinajstić information content (AvgIpc) is 2.87. The van der Waals surface area contributed by atoms with Crippen molar-refractivity contribution in [3.8, 4) is 11.5 Å². The van der Waals surface area contributed by atoms with E-state index in [1.54, 1.807) is 24.3 Å². The SMILES string of the molecule is CCOc1cc(C=C2C(=O)NC(=S)N(c3cccc(C(=O)O)c3)C2=O)ccc1OCc1ccccc1Cl. The van der Waals surface area contributed by atoms with E-state index in [1.807, 2.05) is 25.1 Å². The Kier molecular flexibility index (Phi) is 7.86. The molecule has 0 atom stereocenters. The number of carbonyl (C=O) groups is 3. The quantitative estimate of drug-likeness (QED) is 0.241. The van der Waals surface area contributed by atoms with Crippen LogP contribution in [-0.2, 0) is 16.2 Å². The number of amides is 2. The molecule has 188 valence electrons. The van der Waals surface area contributed by atoms with Crippen molar-refractivity contribution in [3.63, 3.8) is 0 Å². The lowest BCUT2D eigenvalue weighted by molar-refractivity contribution is -0.122. The van der Waals surface area contributed by atoms with Crippen LogP contribution in [0.3, 0.4) is 0 Å². The van der Waals surface area contributed by atoms with E-state index in [9.17, 15) is 19.5 Å². The number of carboxylic acids is 1. The number of rotatable bonds is 8. The summed E-state index contributed by atoms with van der Waals surface area (Å²) >= 11 is 11.4. The highest BCUT2D eigenvalue weighted by Crippen LogP contribution is 2.31. The second-order valence-corrected chi connectivity index (χ2v) is 8.63. The van der Waals surface area contributed by atoms with Crippen LogP contribution in [0.5, 0.6) is 11.5 Å². The number of carboxylic acid groups (broad SMARTS) is 1. The number of nitrogens with zero attached hydrogens (tertiary/aromatic N) is 1. The van der Waals surface area contributed by atoms with Gasteiger partial charge in [0.15, 0.2) is 16.6 Å². The van der Waals surface area contributed by atoms with Gasteiger partial charge in [-0.25, -0.2) is 4.79 Å². The van der Waals surface area contributed by atoms with Crippen LogP contribution in [0.25, 0.3) is 6.08 Å². The summed E-state index contributed by atoms with van der Waals surface area (Å²) < 4.78 is 11.6. The zero-order chi connectivity index (χ0) is 26.5. The Morgan fingerprint density at radius 1 is 1.05 bits per heavy atom. The van der Waals surface area contributed by atoms with Crippen molar-refractivity contribution in [3.05, 3.63) is 94.0 Å². The molecule has 0 aliphatic carbocycles. The minimum Gasteiger partial charge on any atom is -0.490 e. The Hall–Kier alpha value is -4.21. The van der Waals surface area contributed by atoms with Crippen LogP contribution >= 0.6 is 23.8 Å². The molecule has 1 fully saturated rings. The lowest BCUT2D eigenvalue weighted by Gasteiger charge is -2.29. The second kappa shape index (κ2) is 11.2. The van der Waals surface area contributed by atoms with Crippen LogP contribution < -0.4 is 19.7 Å². The molecule has 2 N–H and O–H groups in total. The third-order valence-electron chi connectivity index (χ3n) is 5.37. The fraction of sp³-hybridized carbons (Fsp3) is 0.111. The standard InChI is InChI=1S/C27H21ClN2O6S/c1-2-35-23-13-16(10-11-22(23)36-15-18-6-3-4-9-21(18)28)12-20-24(31)29-27(37)30(25(20)32)19-8-5-7-17(14-19)26(33)34/h3-14H,2,15H2,1H3,(H,33,34)(H,29,31,37). The fourth-order valence-corrected chi connectivity index (χ4v) is 4.08. The molecule has 3 aromatic rings. The van der Waals surface area contributed by atoms with Gasteiger partial charge in [0.05, 0.1) is 17.9 Å². The highest BCUT2D eigenvalue weighted by Gasteiger charge is 2.34. The summed E-state index contributed by atoms with van der Waals surface area (Å²) in [5.74, 6) is -1.62. The van der Waals surface area contributed by atoms with Gasteiger partial charge in [0, 0.05) is 10.6 Å². The molecule has 10 heteroatoms. The molecule has 1 heterocycles. The molecule has 2 amide bonds. The summed E-state index contributed by atoms with van der Waals surface area (Å²) in [7, 11) is 0. The van der Waals surface area contributed by atoms with Crippen molar-refractivity contribution in [1.29, 1.82) is 0 Å². The molecule has 4 rings (SSSR count). The summed E-state index contributed by atoms with van der Waals surface area (Å²) in [6.07, 6.45) is 1.41. The topological polar surface area (TPSA) is 105 Å².